The summed E-state index contributed by atoms with van der Waals surface area (Å²) in [4.78, 5) is 29.8. The number of ether oxygens (including phenoxy) is 1. The second kappa shape index (κ2) is 10.3. The van der Waals surface area contributed by atoms with Gasteiger partial charge in [-0.25, -0.2) is 0 Å². The van der Waals surface area contributed by atoms with Gasteiger partial charge in [-0.2, -0.15) is 13.2 Å². The summed E-state index contributed by atoms with van der Waals surface area (Å²) in [6.45, 7) is 2.50. The molecule has 0 spiro atoms. The van der Waals surface area contributed by atoms with Crippen LogP contribution in [-0.4, -0.2) is 46.1 Å². The molecule has 2 atom stereocenters. The van der Waals surface area contributed by atoms with Crippen LogP contribution in [0.2, 0.25) is 5.02 Å². The molecule has 4 rings (SSSR count). The molecular weight excluding hydrogens is 497 g/mol. The van der Waals surface area contributed by atoms with Crippen molar-refractivity contribution in [2.45, 2.75) is 38.5 Å². The lowest BCUT2D eigenvalue weighted by Crippen LogP contribution is -2.46. The van der Waals surface area contributed by atoms with Crippen molar-refractivity contribution >= 4 is 34.4 Å². The number of aromatic nitrogens is 1. The first-order chi connectivity index (χ1) is 17.0. The predicted molar refractivity (Wildman–Crippen MR) is 129 cm³/mol. The number of benzene rings is 2. The molecule has 1 amide bonds. The van der Waals surface area contributed by atoms with Gasteiger partial charge in [0.2, 0.25) is 0 Å². The fourth-order valence-electron chi connectivity index (χ4n) is 4.64. The van der Waals surface area contributed by atoms with E-state index in [1.54, 1.807) is 30.0 Å². The molecule has 10 heteroatoms. The Morgan fingerprint density at radius 2 is 2.03 bits per heavy atom. The normalized spacial score (nSPS) is 17.1. The summed E-state index contributed by atoms with van der Waals surface area (Å²) < 4.78 is 46.9. The van der Waals surface area contributed by atoms with E-state index in [0.717, 1.165) is 18.9 Å². The molecule has 1 aliphatic heterocycles. The van der Waals surface area contributed by atoms with E-state index in [4.69, 9.17) is 21.4 Å². The molecular formula is C26H24ClF3N2O4. The van der Waals surface area contributed by atoms with Gasteiger partial charge in [-0.3, -0.25) is 14.6 Å². The van der Waals surface area contributed by atoms with Crippen LogP contribution in [0, 0.1) is 5.92 Å². The zero-order valence-corrected chi connectivity index (χ0v) is 20.1. The lowest BCUT2D eigenvalue weighted by atomic mass is 9.94. The summed E-state index contributed by atoms with van der Waals surface area (Å²) in [7, 11) is 0. The number of rotatable bonds is 6. The topological polar surface area (TPSA) is 79.7 Å². The van der Waals surface area contributed by atoms with Gasteiger partial charge in [0, 0.05) is 47.7 Å². The van der Waals surface area contributed by atoms with Gasteiger partial charge in [0.15, 0.2) is 6.10 Å². The van der Waals surface area contributed by atoms with E-state index >= 15 is 0 Å². The summed E-state index contributed by atoms with van der Waals surface area (Å²) in [5, 5.41) is 9.47. The van der Waals surface area contributed by atoms with Crippen LogP contribution >= 0.6 is 11.6 Å². The number of nitrogens with zero attached hydrogens (tertiary/aromatic N) is 2. The Bertz CT molecular complexity index is 1300. The minimum atomic E-state index is -4.59. The van der Waals surface area contributed by atoms with Crippen LogP contribution < -0.4 is 4.74 Å². The van der Waals surface area contributed by atoms with Gasteiger partial charge in [-0.05, 0) is 61.6 Å². The molecule has 0 saturated carbocycles. The maximum absolute atomic E-state index is 13.7. The first-order valence-corrected chi connectivity index (χ1v) is 11.8. The molecule has 1 N–H and O–H groups in total. The molecule has 3 aromatic rings. The number of likely N-dealkylation sites (tertiary alicyclic amines) is 1. The smallest absolute Gasteiger partial charge is 0.417 e. The van der Waals surface area contributed by atoms with E-state index < -0.39 is 23.8 Å². The standard InChI is InChI=1S/C26H24ClF3N2O4/c1-15(25(35)32-11-3-4-16(14-32)12-23(33)34)36-17-7-8-18-19(9-10-31-22(18)13-17)24-20(26(28,29)30)5-2-6-21(24)27/h2,5-10,13,15-16H,3-4,11-12,14H2,1H3,(H,33,34)/t15-,16-/m1/s1. The molecule has 2 heterocycles. The Kier molecular flexibility index (Phi) is 7.40. The Morgan fingerprint density at radius 3 is 2.75 bits per heavy atom. The van der Waals surface area contributed by atoms with E-state index in [-0.39, 0.29) is 34.4 Å². The second-order valence-electron chi connectivity index (χ2n) is 8.85. The maximum Gasteiger partial charge on any atom is 0.417 e. The third-order valence-electron chi connectivity index (χ3n) is 6.26. The SMILES string of the molecule is C[C@@H](Oc1ccc2c(-c3c(Cl)cccc3C(F)(F)F)ccnc2c1)C(=O)N1CCC[C@H](CC(=O)O)C1. The number of fused-ring (bicyclic) bond motifs is 1. The van der Waals surface area contributed by atoms with Crippen molar-refractivity contribution in [2.24, 2.45) is 5.92 Å². The summed E-state index contributed by atoms with van der Waals surface area (Å²) in [6.07, 6.45) is -2.54. The second-order valence-corrected chi connectivity index (χ2v) is 9.26. The Morgan fingerprint density at radius 1 is 1.25 bits per heavy atom. The highest BCUT2D eigenvalue weighted by Gasteiger charge is 2.35. The fourth-order valence-corrected chi connectivity index (χ4v) is 4.92. The lowest BCUT2D eigenvalue weighted by Gasteiger charge is -2.33. The molecule has 1 saturated heterocycles. The van der Waals surface area contributed by atoms with Crippen molar-refractivity contribution in [2.75, 3.05) is 13.1 Å². The molecule has 0 unspecified atom stereocenters. The molecule has 0 aliphatic carbocycles. The van der Waals surface area contributed by atoms with Crippen molar-refractivity contribution in [3.63, 3.8) is 0 Å². The molecule has 6 nitrogen and oxygen atoms in total. The number of carbonyl (C=O) groups excluding carboxylic acids is 1. The van der Waals surface area contributed by atoms with E-state index in [9.17, 15) is 22.8 Å². The number of carboxylic acid groups (broad SMARTS) is 1. The zero-order chi connectivity index (χ0) is 26.0. The van der Waals surface area contributed by atoms with Crippen LogP contribution in [0.15, 0.2) is 48.7 Å². The minimum Gasteiger partial charge on any atom is -0.481 e. The average molecular weight is 521 g/mol. The highest BCUT2D eigenvalue weighted by Crippen LogP contribution is 2.43. The number of piperidine rings is 1. The van der Waals surface area contributed by atoms with E-state index in [2.05, 4.69) is 4.98 Å². The van der Waals surface area contributed by atoms with Crippen molar-refractivity contribution < 1.29 is 32.6 Å². The van der Waals surface area contributed by atoms with Crippen molar-refractivity contribution in [1.82, 2.24) is 9.88 Å². The number of hydrogen-bond donors (Lipinski definition) is 1. The molecule has 190 valence electrons. The van der Waals surface area contributed by atoms with E-state index in [0.29, 0.717) is 29.7 Å². The van der Waals surface area contributed by atoms with E-state index in [1.807, 2.05) is 0 Å². The van der Waals surface area contributed by atoms with Crippen molar-refractivity contribution in [3.05, 3.63) is 59.2 Å². The number of alkyl halides is 3. The predicted octanol–water partition coefficient (Wildman–Crippen LogP) is 6.05. The molecule has 36 heavy (non-hydrogen) atoms. The van der Waals surface area contributed by atoms with Gasteiger partial charge in [0.05, 0.1) is 11.1 Å². The summed E-state index contributed by atoms with van der Waals surface area (Å²) >= 11 is 6.20. The molecule has 0 bridgehead atoms. The van der Waals surface area contributed by atoms with Gasteiger partial charge in [-0.1, -0.05) is 17.7 Å². The number of halogens is 4. The largest absolute Gasteiger partial charge is 0.481 e. The van der Waals surface area contributed by atoms with Gasteiger partial charge in [0.1, 0.15) is 5.75 Å². The highest BCUT2D eigenvalue weighted by molar-refractivity contribution is 6.34. The maximum atomic E-state index is 13.7. The third kappa shape index (κ3) is 5.56. The quantitative estimate of drug-likeness (QED) is 0.428. The minimum absolute atomic E-state index is 0.0131. The van der Waals surface area contributed by atoms with Crippen molar-refractivity contribution in [3.8, 4) is 16.9 Å². The third-order valence-corrected chi connectivity index (χ3v) is 6.57. The monoisotopic (exact) mass is 520 g/mol. The summed E-state index contributed by atoms with van der Waals surface area (Å²) in [5.41, 5.74) is -0.300. The van der Waals surface area contributed by atoms with Gasteiger partial charge < -0.3 is 14.7 Å². The summed E-state index contributed by atoms with van der Waals surface area (Å²) in [6, 6.07) is 9.87. The van der Waals surface area contributed by atoms with E-state index in [1.165, 1.54) is 24.4 Å². The lowest BCUT2D eigenvalue weighted by molar-refractivity contribution is -0.143. The number of carbonyl (C=O) groups is 2. The van der Waals surface area contributed by atoms with Crippen LogP contribution in [0.3, 0.4) is 0 Å². The first kappa shape index (κ1) is 25.8. The van der Waals surface area contributed by atoms with Crippen LogP contribution in [0.1, 0.15) is 31.7 Å². The molecule has 0 radical (unpaired) electrons. The highest BCUT2D eigenvalue weighted by atomic mass is 35.5. The van der Waals surface area contributed by atoms with Crippen LogP contribution in [0.5, 0.6) is 5.75 Å². The van der Waals surface area contributed by atoms with Gasteiger partial charge >= 0.3 is 12.1 Å². The Balaban J connectivity index is 1.58. The number of hydrogen-bond acceptors (Lipinski definition) is 4. The van der Waals surface area contributed by atoms with Crippen LogP contribution in [0.25, 0.3) is 22.0 Å². The fraction of sp³-hybridized carbons (Fsp3) is 0.346. The summed E-state index contributed by atoms with van der Waals surface area (Å²) in [5.74, 6) is -0.900. The zero-order valence-electron chi connectivity index (χ0n) is 19.4. The Labute approximate surface area is 210 Å². The number of amides is 1. The Hall–Kier alpha value is -3.33. The average Bonchev–Trinajstić information content (AvgIpc) is 2.82. The van der Waals surface area contributed by atoms with Gasteiger partial charge in [-0.15, -0.1) is 0 Å². The number of aliphatic carboxylic acids is 1. The molecule has 1 aromatic heterocycles. The number of pyridine rings is 1. The first-order valence-electron chi connectivity index (χ1n) is 11.5. The molecule has 2 aromatic carbocycles. The van der Waals surface area contributed by atoms with Crippen LogP contribution in [0.4, 0.5) is 13.2 Å². The van der Waals surface area contributed by atoms with Gasteiger partial charge in [0.25, 0.3) is 5.91 Å². The molecule has 1 fully saturated rings. The molecule has 1 aliphatic rings. The van der Waals surface area contributed by atoms with Crippen LogP contribution in [-0.2, 0) is 15.8 Å². The number of carboxylic acids is 1. The van der Waals surface area contributed by atoms with Crippen molar-refractivity contribution in [1.29, 1.82) is 0 Å².